The molecule has 2 aliphatic rings. The Morgan fingerprint density at radius 2 is 2.42 bits per heavy atom. The zero-order valence-electron chi connectivity index (χ0n) is 6.64. The Kier molecular flexibility index (Phi) is 1.80. The van der Waals surface area contributed by atoms with Crippen molar-refractivity contribution in [3.8, 4) is 0 Å². The predicted molar refractivity (Wildman–Crippen MR) is 47.6 cm³/mol. The maximum atomic E-state index is 8.85. The fourth-order valence-electron chi connectivity index (χ4n) is 1.22. The Bertz CT molecular complexity index is 300. The van der Waals surface area contributed by atoms with E-state index in [1.807, 2.05) is 35.4 Å². The number of rotatable bonds is 1. The Morgan fingerprint density at radius 1 is 1.50 bits per heavy atom. The van der Waals surface area contributed by atoms with Crippen molar-refractivity contribution >= 4 is 5.84 Å². The van der Waals surface area contributed by atoms with Gasteiger partial charge in [-0.1, -0.05) is 6.08 Å². The number of aliphatic imine (C=N–C) groups is 1. The van der Waals surface area contributed by atoms with Gasteiger partial charge in [0, 0.05) is 12.7 Å². The number of aliphatic hydroxyl groups is 1. The van der Waals surface area contributed by atoms with E-state index in [0.717, 1.165) is 18.1 Å². The van der Waals surface area contributed by atoms with Gasteiger partial charge in [0.25, 0.3) is 0 Å². The number of nitrogens with zero attached hydrogens (tertiary/aromatic N) is 2. The number of amidine groups is 1. The highest BCUT2D eigenvalue weighted by Gasteiger charge is 2.11. The van der Waals surface area contributed by atoms with Gasteiger partial charge in [0.1, 0.15) is 5.84 Å². The SMILES string of the molecule is OCC1=CCN2C=CC=CC2=N1. The highest BCUT2D eigenvalue weighted by molar-refractivity contribution is 5.96. The summed E-state index contributed by atoms with van der Waals surface area (Å²) in [6.45, 7) is 0.824. The van der Waals surface area contributed by atoms with Crippen LogP contribution in [-0.2, 0) is 0 Å². The Labute approximate surface area is 71.0 Å². The van der Waals surface area contributed by atoms with Crippen molar-refractivity contribution in [2.24, 2.45) is 4.99 Å². The molecule has 0 aromatic carbocycles. The normalized spacial score (nSPS) is 20.2. The molecule has 0 bridgehead atoms. The van der Waals surface area contributed by atoms with E-state index in [-0.39, 0.29) is 6.61 Å². The van der Waals surface area contributed by atoms with Gasteiger partial charge in [-0.3, -0.25) is 0 Å². The first-order chi connectivity index (χ1) is 5.90. The Morgan fingerprint density at radius 3 is 3.25 bits per heavy atom. The van der Waals surface area contributed by atoms with Gasteiger partial charge in [0.2, 0.25) is 0 Å². The van der Waals surface area contributed by atoms with Crippen molar-refractivity contribution < 1.29 is 5.11 Å². The van der Waals surface area contributed by atoms with Crippen molar-refractivity contribution in [1.82, 2.24) is 4.90 Å². The van der Waals surface area contributed by atoms with E-state index in [0.29, 0.717) is 0 Å². The molecule has 2 heterocycles. The van der Waals surface area contributed by atoms with Crippen molar-refractivity contribution in [3.63, 3.8) is 0 Å². The quantitative estimate of drug-likeness (QED) is 0.614. The van der Waals surface area contributed by atoms with E-state index in [4.69, 9.17) is 5.11 Å². The standard InChI is InChI=1S/C9H10N2O/c12-7-8-4-6-11-5-2-1-3-9(11)10-8/h1-5,12H,6-7H2. The first kappa shape index (κ1) is 7.31. The van der Waals surface area contributed by atoms with Crippen LogP contribution in [0.25, 0.3) is 0 Å². The molecule has 0 radical (unpaired) electrons. The Hall–Kier alpha value is -1.35. The lowest BCUT2D eigenvalue weighted by molar-refractivity contribution is 0.327. The van der Waals surface area contributed by atoms with Crippen molar-refractivity contribution in [1.29, 1.82) is 0 Å². The van der Waals surface area contributed by atoms with Crippen LogP contribution in [0.15, 0.2) is 41.2 Å². The lowest BCUT2D eigenvalue weighted by Gasteiger charge is -2.24. The molecule has 12 heavy (non-hydrogen) atoms. The molecule has 0 saturated heterocycles. The minimum Gasteiger partial charge on any atom is -0.390 e. The summed E-state index contributed by atoms with van der Waals surface area (Å²) in [6.07, 6.45) is 9.74. The summed E-state index contributed by atoms with van der Waals surface area (Å²) in [4.78, 5) is 6.26. The molecule has 0 atom stereocenters. The fourth-order valence-corrected chi connectivity index (χ4v) is 1.22. The largest absolute Gasteiger partial charge is 0.390 e. The highest BCUT2D eigenvalue weighted by Crippen LogP contribution is 2.11. The smallest absolute Gasteiger partial charge is 0.133 e. The van der Waals surface area contributed by atoms with E-state index in [2.05, 4.69) is 4.99 Å². The van der Waals surface area contributed by atoms with Crippen LogP contribution in [0.2, 0.25) is 0 Å². The molecule has 0 fully saturated rings. The average molecular weight is 162 g/mol. The van der Waals surface area contributed by atoms with Gasteiger partial charge in [0.05, 0.1) is 12.3 Å². The molecule has 0 spiro atoms. The minimum atomic E-state index is 0.0227. The monoisotopic (exact) mass is 162 g/mol. The van der Waals surface area contributed by atoms with Crippen LogP contribution in [0.4, 0.5) is 0 Å². The van der Waals surface area contributed by atoms with E-state index < -0.39 is 0 Å². The summed E-state index contributed by atoms with van der Waals surface area (Å²) in [5.74, 6) is 0.907. The van der Waals surface area contributed by atoms with Crippen LogP contribution in [0, 0.1) is 0 Å². The fraction of sp³-hybridized carbons (Fsp3) is 0.222. The summed E-state index contributed by atoms with van der Waals surface area (Å²) >= 11 is 0. The Balaban J connectivity index is 2.26. The van der Waals surface area contributed by atoms with Crippen LogP contribution in [0.5, 0.6) is 0 Å². The van der Waals surface area contributed by atoms with Gasteiger partial charge in [-0.05, 0) is 18.2 Å². The number of hydrogen-bond acceptors (Lipinski definition) is 3. The second-order valence-corrected chi connectivity index (χ2v) is 2.68. The van der Waals surface area contributed by atoms with Crippen LogP contribution in [0.3, 0.4) is 0 Å². The summed E-state index contributed by atoms with van der Waals surface area (Å²) in [6, 6.07) is 0. The molecule has 0 unspecified atom stereocenters. The highest BCUT2D eigenvalue weighted by atomic mass is 16.3. The molecule has 2 aliphatic heterocycles. The first-order valence-electron chi connectivity index (χ1n) is 3.90. The summed E-state index contributed by atoms with van der Waals surface area (Å²) < 4.78 is 0. The minimum absolute atomic E-state index is 0.0227. The van der Waals surface area contributed by atoms with Crippen LogP contribution in [0.1, 0.15) is 0 Å². The van der Waals surface area contributed by atoms with Crippen molar-refractivity contribution in [2.45, 2.75) is 0 Å². The maximum absolute atomic E-state index is 8.85. The van der Waals surface area contributed by atoms with Crippen molar-refractivity contribution in [3.05, 3.63) is 36.2 Å². The second kappa shape index (κ2) is 2.95. The lowest BCUT2D eigenvalue weighted by atomic mass is 10.2. The third kappa shape index (κ3) is 1.19. The number of fused-ring (bicyclic) bond motifs is 1. The lowest BCUT2D eigenvalue weighted by Crippen LogP contribution is -2.28. The number of allylic oxidation sites excluding steroid dienone is 2. The second-order valence-electron chi connectivity index (χ2n) is 2.68. The topological polar surface area (TPSA) is 35.8 Å². The van der Waals surface area contributed by atoms with Crippen molar-refractivity contribution in [2.75, 3.05) is 13.2 Å². The summed E-state index contributed by atoms with van der Waals surface area (Å²) in [7, 11) is 0. The molecule has 3 nitrogen and oxygen atoms in total. The predicted octanol–water partition coefficient (Wildman–Crippen LogP) is 0.660. The summed E-state index contributed by atoms with van der Waals surface area (Å²) in [5, 5.41) is 8.85. The van der Waals surface area contributed by atoms with Crippen LogP contribution < -0.4 is 0 Å². The molecule has 0 amide bonds. The molecule has 0 saturated carbocycles. The zero-order chi connectivity index (χ0) is 8.39. The van der Waals surface area contributed by atoms with Gasteiger partial charge >= 0.3 is 0 Å². The third-order valence-corrected chi connectivity index (χ3v) is 1.86. The number of aliphatic hydroxyl groups excluding tert-OH is 1. The molecular weight excluding hydrogens is 152 g/mol. The van der Waals surface area contributed by atoms with Gasteiger partial charge in [0.15, 0.2) is 0 Å². The molecule has 2 rings (SSSR count). The molecule has 62 valence electrons. The average Bonchev–Trinajstić information content (AvgIpc) is 2.17. The third-order valence-electron chi connectivity index (χ3n) is 1.86. The molecule has 0 aromatic rings. The van der Waals surface area contributed by atoms with Gasteiger partial charge in [-0.25, -0.2) is 4.99 Å². The van der Waals surface area contributed by atoms with E-state index in [1.54, 1.807) is 0 Å². The number of hydrogen-bond donors (Lipinski definition) is 1. The van der Waals surface area contributed by atoms with E-state index >= 15 is 0 Å². The van der Waals surface area contributed by atoms with Gasteiger partial charge < -0.3 is 10.0 Å². The van der Waals surface area contributed by atoms with Crippen LogP contribution >= 0.6 is 0 Å². The van der Waals surface area contributed by atoms with E-state index in [9.17, 15) is 0 Å². The first-order valence-corrected chi connectivity index (χ1v) is 3.90. The maximum Gasteiger partial charge on any atom is 0.133 e. The molecule has 3 heteroatoms. The van der Waals surface area contributed by atoms with Crippen LogP contribution in [-0.4, -0.2) is 29.0 Å². The van der Waals surface area contributed by atoms with Gasteiger partial charge in [-0.15, -0.1) is 0 Å². The molecule has 0 aromatic heterocycles. The molecule has 1 N–H and O–H groups in total. The molecule has 0 aliphatic carbocycles. The zero-order valence-corrected chi connectivity index (χ0v) is 6.64. The molecular formula is C9H10N2O. The van der Waals surface area contributed by atoms with E-state index in [1.165, 1.54) is 0 Å². The van der Waals surface area contributed by atoms with Gasteiger partial charge in [-0.2, -0.15) is 0 Å². The summed E-state index contributed by atoms with van der Waals surface area (Å²) in [5.41, 5.74) is 0.751.